The number of nitrogens with one attached hydrogen (secondary N) is 1. The van der Waals surface area contributed by atoms with Gasteiger partial charge in [0.25, 0.3) is 11.5 Å². The molecule has 0 unspecified atom stereocenters. The molecule has 3 rings (SSSR count). The van der Waals surface area contributed by atoms with Gasteiger partial charge in [-0.05, 0) is 44.0 Å². The number of para-hydroxylation sites is 1. The third kappa shape index (κ3) is 4.24. The average Bonchev–Trinajstić information content (AvgIpc) is 2.69. The van der Waals surface area contributed by atoms with Crippen LogP contribution in [-0.4, -0.2) is 28.3 Å². The highest BCUT2D eigenvalue weighted by Gasteiger charge is 2.21. The molecule has 2 aromatic carbocycles. The molecule has 7 nitrogen and oxygen atoms in total. The van der Waals surface area contributed by atoms with E-state index in [9.17, 15) is 14.4 Å². The molecule has 0 saturated heterocycles. The van der Waals surface area contributed by atoms with Crippen molar-refractivity contribution in [2.45, 2.75) is 20.8 Å². The fourth-order valence-corrected chi connectivity index (χ4v) is 2.89. The molecular weight excluding hydrogens is 370 g/mol. The van der Waals surface area contributed by atoms with Gasteiger partial charge in [-0.25, -0.2) is 4.79 Å². The Morgan fingerprint density at radius 2 is 1.69 bits per heavy atom. The fourth-order valence-electron chi connectivity index (χ4n) is 2.89. The van der Waals surface area contributed by atoms with Gasteiger partial charge in [-0.3, -0.25) is 9.59 Å². The van der Waals surface area contributed by atoms with Gasteiger partial charge >= 0.3 is 5.97 Å². The van der Waals surface area contributed by atoms with Crippen molar-refractivity contribution in [1.82, 2.24) is 9.78 Å². The topological polar surface area (TPSA) is 90.3 Å². The molecule has 0 spiro atoms. The summed E-state index contributed by atoms with van der Waals surface area (Å²) in [5.41, 5.74) is 1.94. The lowest BCUT2D eigenvalue weighted by atomic mass is 10.1. The van der Waals surface area contributed by atoms with E-state index < -0.39 is 17.4 Å². The number of amides is 1. The Labute approximate surface area is 168 Å². The lowest BCUT2D eigenvalue weighted by Crippen LogP contribution is -2.27. The zero-order valence-corrected chi connectivity index (χ0v) is 16.4. The molecule has 0 radical (unpaired) electrons. The number of carbonyl (C=O) groups is 2. The maximum atomic E-state index is 12.7. The van der Waals surface area contributed by atoms with Crippen LogP contribution in [0.3, 0.4) is 0 Å². The number of hydrogen-bond donors (Lipinski definition) is 1. The Hall–Kier alpha value is -3.74. The van der Waals surface area contributed by atoms with E-state index in [2.05, 4.69) is 10.4 Å². The van der Waals surface area contributed by atoms with Crippen LogP contribution in [0.15, 0.2) is 59.4 Å². The second-order valence-corrected chi connectivity index (χ2v) is 6.43. The number of aromatic nitrogens is 2. The minimum Gasteiger partial charge on any atom is -0.461 e. The van der Waals surface area contributed by atoms with Crippen molar-refractivity contribution in [1.29, 1.82) is 0 Å². The summed E-state index contributed by atoms with van der Waals surface area (Å²) < 4.78 is 6.20. The van der Waals surface area contributed by atoms with Gasteiger partial charge in [-0.2, -0.15) is 9.78 Å². The van der Waals surface area contributed by atoms with Crippen LogP contribution in [0.5, 0.6) is 0 Å². The number of anilines is 1. The number of benzene rings is 2. The van der Waals surface area contributed by atoms with Crippen molar-refractivity contribution in [3.63, 3.8) is 0 Å². The number of rotatable bonds is 5. The summed E-state index contributed by atoms with van der Waals surface area (Å²) in [5, 5.41) is 6.83. The second kappa shape index (κ2) is 8.52. The van der Waals surface area contributed by atoms with Gasteiger partial charge in [0, 0.05) is 11.6 Å². The molecule has 1 heterocycles. The molecule has 0 atom stereocenters. The molecule has 0 saturated carbocycles. The van der Waals surface area contributed by atoms with Crippen molar-refractivity contribution in [2.24, 2.45) is 0 Å². The first kappa shape index (κ1) is 20.0. The second-order valence-electron chi connectivity index (χ2n) is 6.43. The summed E-state index contributed by atoms with van der Waals surface area (Å²) in [6.07, 6.45) is 0. The Morgan fingerprint density at radius 1 is 1.03 bits per heavy atom. The molecule has 0 aliphatic rings. The lowest BCUT2D eigenvalue weighted by molar-refractivity contribution is 0.0518. The number of esters is 1. The maximum absolute atomic E-state index is 12.7. The van der Waals surface area contributed by atoms with Crippen molar-refractivity contribution in [3.8, 4) is 5.69 Å². The van der Waals surface area contributed by atoms with Crippen LogP contribution < -0.4 is 10.9 Å². The van der Waals surface area contributed by atoms with E-state index in [-0.39, 0.29) is 18.0 Å². The van der Waals surface area contributed by atoms with E-state index in [1.807, 2.05) is 25.1 Å². The van der Waals surface area contributed by atoms with Crippen LogP contribution in [0.25, 0.3) is 5.69 Å². The van der Waals surface area contributed by atoms with Crippen LogP contribution in [-0.2, 0) is 4.74 Å². The summed E-state index contributed by atoms with van der Waals surface area (Å²) in [6, 6.07) is 15.4. The molecule has 1 amide bonds. The number of hydrogen-bond acceptors (Lipinski definition) is 5. The smallest absolute Gasteiger partial charge is 0.360 e. The fraction of sp³-hybridized carbons (Fsp3) is 0.182. The quantitative estimate of drug-likeness (QED) is 0.674. The van der Waals surface area contributed by atoms with Gasteiger partial charge in [0.1, 0.15) is 0 Å². The standard InChI is InChI=1S/C22H21N3O4/c1-4-29-22(28)20-17(23-21(27)16-11-7-5-9-14(16)2)13-19(26)25(24-20)18-12-8-6-10-15(18)3/h5-13H,4H2,1-3H3,(H,23,27). The Kier molecular flexibility index (Phi) is 5.87. The Balaban J connectivity index is 2.09. The molecule has 0 aliphatic carbocycles. The molecule has 1 aromatic heterocycles. The van der Waals surface area contributed by atoms with Gasteiger partial charge in [0.05, 0.1) is 18.0 Å². The molecule has 29 heavy (non-hydrogen) atoms. The van der Waals surface area contributed by atoms with E-state index in [1.165, 1.54) is 6.07 Å². The van der Waals surface area contributed by atoms with Crippen molar-refractivity contribution >= 4 is 17.6 Å². The van der Waals surface area contributed by atoms with Gasteiger partial charge in [-0.1, -0.05) is 36.4 Å². The molecule has 0 aliphatic heterocycles. The van der Waals surface area contributed by atoms with Crippen LogP contribution in [0.4, 0.5) is 5.69 Å². The summed E-state index contributed by atoms with van der Waals surface area (Å²) >= 11 is 0. The van der Waals surface area contributed by atoms with Crippen molar-refractivity contribution < 1.29 is 14.3 Å². The SMILES string of the molecule is CCOC(=O)c1nn(-c2ccccc2C)c(=O)cc1NC(=O)c1ccccc1C. The first-order valence-corrected chi connectivity index (χ1v) is 9.17. The third-order valence-corrected chi connectivity index (χ3v) is 4.38. The van der Waals surface area contributed by atoms with E-state index in [1.54, 1.807) is 44.2 Å². The first-order chi connectivity index (χ1) is 13.9. The summed E-state index contributed by atoms with van der Waals surface area (Å²) in [5.74, 6) is -1.17. The largest absolute Gasteiger partial charge is 0.461 e. The predicted molar refractivity (Wildman–Crippen MR) is 110 cm³/mol. The third-order valence-electron chi connectivity index (χ3n) is 4.38. The van der Waals surface area contributed by atoms with Crippen LogP contribution >= 0.6 is 0 Å². The molecule has 148 valence electrons. The zero-order chi connectivity index (χ0) is 21.0. The van der Waals surface area contributed by atoms with Crippen molar-refractivity contribution in [3.05, 3.63) is 87.3 Å². The van der Waals surface area contributed by atoms with Crippen LogP contribution in [0.2, 0.25) is 0 Å². The number of nitrogens with zero attached hydrogens (tertiary/aromatic N) is 2. The molecular formula is C22H21N3O4. The number of ether oxygens (including phenoxy) is 1. The predicted octanol–water partition coefficient (Wildman–Crippen LogP) is 3.28. The lowest BCUT2D eigenvalue weighted by Gasteiger charge is -2.14. The van der Waals surface area contributed by atoms with E-state index >= 15 is 0 Å². The highest BCUT2D eigenvalue weighted by atomic mass is 16.5. The Morgan fingerprint density at radius 3 is 2.34 bits per heavy atom. The van der Waals surface area contributed by atoms with Gasteiger partial charge in [0.15, 0.2) is 5.69 Å². The van der Waals surface area contributed by atoms with E-state index in [0.717, 1.165) is 15.8 Å². The monoisotopic (exact) mass is 391 g/mol. The van der Waals surface area contributed by atoms with Gasteiger partial charge < -0.3 is 10.1 Å². The number of aryl methyl sites for hydroxylation is 2. The average molecular weight is 391 g/mol. The van der Waals surface area contributed by atoms with Crippen LogP contribution in [0.1, 0.15) is 38.9 Å². The van der Waals surface area contributed by atoms with E-state index in [0.29, 0.717) is 11.3 Å². The summed E-state index contributed by atoms with van der Waals surface area (Å²) in [7, 11) is 0. The highest BCUT2D eigenvalue weighted by Crippen LogP contribution is 2.17. The number of carbonyl (C=O) groups excluding carboxylic acids is 2. The maximum Gasteiger partial charge on any atom is 0.360 e. The molecule has 7 heteroatoms. The van der Waals surface area contributed by atoms with Gasteiger partial charge in [0.2, 0.25) is 0 Å². The molecule has 3 aromatic rings. The first-order valence-electron chi connectivity index (χ1n) is 9.17. The van der Waals surface area contributed by atoms with Crippen LogP contribution in [0, 0.1) is 13.8 Å². The molecule has 1 N–H and O–H groups in total. The Bertz CT molecular complexity index is 1130. The highest BCUT2D eigenvalue weighted by molar-refractivity contribution is 6.08. The van der Waals surface area contributed by atoms with Gasteiger partial charge in [-0.15, -0.1) is 0 Å². The minimum absolute atomic E-state index is 0.00605. The normalized spacial score (nSPS) is 10.4. The van der Waals surface area contributed by atoms with Crippen molar-refractivity contribution in [2.75, 3.05) is 11.9 Å². The summed E-state index contributed by atoms with van der Waals surface area (Å²) in [4.78, 5) is 37.9. The minimum atomic E-state index is -0.727. The molecule has 0 bridgehead atoms. The zero-order valence-electron chi connectivity index (χ0n) is 16.4. The van der Waals surface area contributed by atoms with E-state index in [4.69, 9.17) is 4.74 Å². The summed E-state index contributed by atoms with van der Waals surface area (Å²) in [6.45, 7) is 5.44. The molecule has 0 fully saturated rings.